The van der Waals surface area contributed by atoms with E-state index in [4.69, 9.17) is 9.72 Å². The van der Waals surface area contributed by atoms with Crippen LogP contribution in [-0.2, 0) is 0 Å². The number of nitrogens with one attached hydrogen (secondary N) is 2. The van der Waals surface area contributed by atoms with Gasteiger partial charge in [-0.25, -0.2) is 9.67 Å². The van der Waals surface area contributed by atoms with Crippen LogP contribution in [0.2, 0.25) is 0 Å². The molecular formula is C22H23N7O. The zero-order valence-corrected chi connectivity index (χ0v) is 16.7. The van der Waals surface area contributed by atoms with Crippen molar-refractivity contribution in [3.05, 3.63) is 60.9 Å². The number of ether oxygens (including phenoxy) is 1. The molecule has 0 radical (unpaired) electrons. The van der Waals surface area contributed by atoms with Gasteiger partial charge in [0.2, 0.25) is 5.95 Å². The monoisotopic (exact) mass is 401 g/mol. The Morgan fingerprint density at radius 2 is 1.67 bits per heavy atom. The number of rotatable bonds is 5. The van der Waals surface area contributed by atoms with Gasteiger partial charge in [-0.3, -0.25) is 0 Å². The lowest BCUT2D eigenvalue weighted by Gasteiger charge is -2.29. The zero-order chi connectivity index (χ0) is 20.3. The van der Waals surface area contributed by atoms with Crippen molar-refractivity contribution < 1.29 is 4.74 Å². The van der Waals surface area contributed by atoms with E-state index in [0.717, 1.165) is 54.3 Å². The summed E-state index contributed by atoms with van der Waals surface area (Å²) in [7, 11) is 1.65. The molecule has 2 aromatic heterocycles. The van der Waals surface area contributed by atoms with Gasteiger partial charge in [0.25, 0.3) is 0 Å². The zero-order valence-electron chi connectivity index (χ0n) is 16.7. The number of hydrogen-bond donors (Lipinski definition) is 2. The highest BCUT2D eigenvalue weighted by Crippen LogP contribution is 2.23. The Labute approximate surface area is 174 Å². The first kappa shape index (κ1) is 18.4. The van der Waals surface area contributed by atoms with E-state index in [9.17, 15) is 0 Å². The van der Waals surface area contributed by atoms with Crippen LogP contribution in [0.5, 0.6) is 5.75 Å². The minimum Gasteiger partial charge on any atom is -0.497 e. The number of methoxy groups -OCH3 is 1. The van der Waals surface area contributed by atoms with Crippen LogP contribution in [0.25, 0.3) is 16.7 Å². The Balaban J connectivity index is 1.38. The lowest BCUT2D eigenvalue weighted by atomic mass is 10.2. The Kier molecular flexibility index (Phi) is 4.90. The van der Waals surface area contributed by atoms with E-state index in [1.807, 2.05) is 24.3 Å². The van der Waals surface area contributed by atoms with Crippen LogP contribution >= 0.6 is 0 Å². The van der Waals surface area contributed by atoms with Gasteiger partial charge in [0.1, 0.15) is 5.75 Å². The first-order valence-electron chi connectivity index (χ1n) is 9.98. The van der Waals surface area contributed by atoms with E-state index >= 15 is 0 Å². The van der Waals surface area contributed by atoms with Crippen molar-refractivity contribution in [2.24, 2.45) is 0 Å². The number of aromatic nitrogens is 4. The van der Waals surface area contributed by atoms with Gasteiger partial charge in [-0.05, 0) is 48.5 Å². The van der Waals surface area contributed by atoms with Crippen LogP contribution in [0, 0.1) is 0 Å². The molecule has 0 atom stereocenters. The molecule has 1 fully saturated rings. The molecule has 5 rings (SSSR count). The smallest absolute Gasteiger partial charge is 0.229 e. The Bertz CT molecular complexity index is 1130. The molecule has 0 unspecified atom stereocenters. The van der Waals surface area contributed by atoms with Crippen LogP contribution in [0.4, 0.5) is 17.3 Å². The number of nitrogens with zero attached hydrogens (tertiary/aromatic N) is 5. The maximum atomic E-state index is 5.24. The van der Waals surface area contributed by atoms with Crippen molar-refractivity contribution in [3.63, 3.8) is 0 Å². The topological polar surface area (TPSA) is 80.1 Å². The highest BCUT2D eigenvalue weighted by atomic mass is 16.5. The maximum Gasteiger partial charge on any atom is 0.229 e. The van der Waals surface area contributed by atoms with Crippen LogP contribution < -0.4 is 20.3 Å². The second kappa shape index (κ2) is 8.00. The minimum atomic E-state index is 0.535. The molecule has 2 N–H and O–H groups in total. The van der Waals surface area contributed by atoms with E-state index in [1.54, 1.807) is 24.2 Å². The summed E-state index contributed by atoms with van der Waals surface area (Å²) in [6.45, 7) is 4.11. The molecule has 2 aromatic carbocycles. The number of anilines is 3. The number of fused-ring (bicyclic) bond motifs is 1. The summed E-state index contributed by atoms with van der Waals surface area (Å²) in [5.74, 6) is 1.34. The second-order valence-corrected chi connectivity index (χ2v) is 7.14. The molecule has 0 saturated carbocycles. The lowest BCUT2D eigenvalue weighted by molar-refractivity contribution is 0.414. The fourth-order valence-corrected chi connectivity index (χ4v) is 3.60. The number of piperazine rings is 1. The SMILES string of the molecule is COc1ccc(-n2ncc3cnc(Nc4ccc(N5CCNCC5)cc4)nc32)cc1. The molecule has 0 aliphatic carbocycles. The second-order valence-electron chi connectivity index (χ2n) is 7.14. The molecule has 8 nitrogen and oxygen atoms in total. The van der Waals surface area contributed by atoms with Gasteiger partial charge in [-0.2, -0.15) is 10.1 Å². The summed E-state index contributed by atoms with van der Waals surface area (Å²) in [5, 5.41) is 12.0. The quantitative estimate of drug-likeness (QED) is 0.532. The van der Waals surface area contributed by atoms with Crippen molar-refractivity contribution >= 4 is 28.4 Å². The van der Waals surface area contributed by atoms with E-state index in [0.29, 0.717) is 5.95 Å². The van der Waals surface area contributed by atoms with E-state index in [2.05, 4.69) is 49.9 Å². The van der Waals surface area contributed by atoms with Gasteiger partial charge in [0.05, 0.1) is 24.4 Å². The lowest BCUT2D eigenvalue weighted by Crippen LogP contribution is -2.43. The average Bonchev–Trinajstić information content (AvgIpc) is 3.23. The molecule has 4 aromatic rings. The molecule has 8 heteroatoms. The third-order valence-corrected chi connectivity index (χ3v) is 5.23. The Morgan fingerprint density at radius 3 is 2.40 bits per heavy atom. The third kappa shape index (κ3) is 3.65. The molecule has 1 aliphatic rings. The number of benzene rings is 2. The molecule has 152 valence electrons. The van der Waals surface area contributed by atoms with Gasteiger partial charge in [0, 0.05) is 43.8 Å². The molecule has 30 heavy (non-hydrogen) atoms. The van der Waals surface area contributed by atoms with Crippen molar-refractivity contribution in [2.45, 2.75) is 0 Å². The van der Waals surface area contributed by atoms with E-state index in [-0.39, 0.29) is 0 Å². The standard InChI is InChI=1S/C22H23N7O/c1-30-20-8-6-19(7-9-20)29-21-16(15-25-29)14-24-22(27-21)26-17-2-4-18(5-3-17)28-12-10-23-11-13-28/h2-9,14-15,23H,10-13H2,1H3,(H,24,26,27). The summed E-state index contributed by atoms with van der Waals surface area (Å²) in [6, 6.07) is 16.1. The Hall–Kier alpha value is -3.65. The first-order valence-corrected chi connectivity index (χ1v) is 9.98. The van der Waals surface area contributed by atoms with Gasteiger partial charge >= 0.3 is 0 Å². The van der Waals surface area contributed by atoms with Crippen LogP contribution in [0.15, 0.2) is 60.9 Å². The van der Waals surface area contributed by atoms with E-state index < -0.39 is 0 Å². The molecule has 0 amide bonds. The Morgan fingerprint density at radius 1 is 0.933 bits per heavy atom. The van der Waals surface area contributed by atoms with Crippen molar-refractivity contribution in [1.29, 1.82) is 0 Å². The maximum absolute atomic E-state index is 5.24. The average molecular weight is 401 g/mol. The van der Waals surface area contributed by atoms with Gasteiger partial charge in [-0.1, -0.05) is 0 Å². The largest absolute Gasteiger partial charge is 0.497 e. The molecule has 0 bridgehead atoms. The fourth-order valence-electron chi connectivity index (χ4n) is 3.60. The highest BCUT2D eigenvalue weighted by molar-refractivity contribution is 5.77. The fraction of sp³-hybridized carbons (Fsp3) is 0.227. The normalized spacial score (nSPS) is 14.1. The summed E-state index contributed by atoms with van der Waals surface area (Å²) in [6.07, 6.45) is 3.55. The summed E-state index contributed by atoms with van der Waals surface area (Å²) >= 11 is 0. The number of hydrogen-bond acceptors (Lipinski definition) is 7. The van der Waals surface area contributed by atoms with E-state index in [1.165, 1.54) is 5.69 Å². The molecule has 1 saturated heterocycles. The first-order chi connectivity index (χ1) is 14.8. The molecule has 3 heterocycles. The molecule has 0 spiro atoms. The minimum absolute atomic E-state index is 0.535. The van der Waals surface area contributed by atoms with Crippen LogP contribution in [-0.4, -0.2) is 53.0 Å². The van der Waals surface area contributed by atoms with Crippen LogP contribution in [0.1, 0.15) is 0 Å². The predicted octanol–water partition coefficient (Wildman–Crippen LogP) is 2.98. The predicted molar refractivity (Wildman–Crippen MR) is 118 cm³/mol. The van der Waals surface area contributed by atoms with Crippen molar-refractivity contribution in [1.82, 2.24) is 25.1 Å². The van der Waals surface area contributed by atoms with Crippen LogP contribution in [0.3, 0.4) is 0 Å². The van der Waals surface area contributed by atoms with Crippen molar-refractivity contribution in [3.8, 4) is 11.4 Å². The summed E-state index contributed by atoms with van der Waals surface area (Å²) < 4.78 is 7.04. The third-order valence-electron chi connectivity index (χ3n) is 5.23. The molecular weight excluding hydrogens is 378 g/mol. The highest BCUT2D eigenvalue weighted by Gasteiger charge is 2.11. The van der Waals surface area contributed by atoms with Crippen molar-refractivity contribution in [2.75, 3.05) is 43.5 Å². The summed E-state index contributed by atoms with van der Waals surface area (Å²) in [4.78, 5) is 11.5. The van der Waals surface area contributed by atoms with Gasteiger partial charge in [-0.15, -0.1) is 0 Å². The van der Waals surface area contributed by atoms with Gasteiger partial charge < -0.3 is 20.3 Å². The summed E-state index contributed by atoms with van der Waals surface area (Å²) in [5.41, 5.74) is 3.84. The molecule has 1 aliphatic heterocycles. The van der Waals surface area contributed by atoms with Gasteiger partial charge in [0.15, 0.2) is 5.65 Å².